The maximum absolute atomic E-state index is 12.8. The average molecular weight is 897 g/mol. The Bertz CT molecular complexity index is 1450. The van der Waals surface area contributed by atoms with Crippen LogP contribution in [0.4, 0.5) is 0 Å². The van der Waals surface area contributed by atoms with Crippen molar-refractivity contribution in [1.29, 1.82) is 0 Å². The van der Waals surface area contributed by atoms with Crippen molar-refractivity contribution < 1.29 is 28.6 Å². The van der Waals surface area contributed by atoms with E-state index in [4.69, 9.17) is 14.2 Å². The van der Waals surface area contributed by atoms with Crippen LogP contribution in [0.5, 0.6) is 0 Å². The van der Waals surface area contributed by atoms with Gasteiger partial charge >= 0.3 is 17.9 Å². The lowest BCUT2D eigenvalue weighted by atomic mass is 10.1. The Kier molecular flexibility index (Phi) is 48.6. The topological polar surface area (TPSA) is 78.9 Å². The van der Waals surface area contributed by atoms with Gasteiger partial charge in [-0.1, -0.05) is 219 Å². The van der Waals surface area contributed by atoms with E-state index in [-0.39, 0.29) is 37.5 Å². The Morgan fingerprint density at radius 2 is 0.631 bits per heavy atom. The second-order valence-corrected chi connectivity index (χ2v) is 16.4. The van der Waals surface area contributed by atoms with Gasteiger partial charge in [0.05, 0.1) is 0 Å². The van der Waals surface area contributed by atoms with Crippen LogP contribution in [0.25, 0.3) is 0 Å². The third-order valence-corrected chi connectivity index (χ3v) is 10.3. The fourth-order valence-corrected chi connectivity index (χ4v) is 6.50. The highest BCUT2D eigenvalue weighted by Gasteiger charge is 2.19. The molecule has 0 fully saturated rings. The maximum Gasteiger partial charge on any atom is 0.306 e. The molecule has 1 atom stereocenters. The molecule has 0 saturated heterocycles. The summed E-state index contributed by atoms with van der Waals surface area (Å²) in [6, 6.07) is 0. The minimum absolute atomic E-state index is 0.107. The first-order valence-electron chi connectivity index (χ1n) is 25.8. The quantitative estimate of drug-likeness (QED) is 0.0199. The highest BCUT2D eigenvalue weighted by atomic mass is 16.6. The van der Waals surface area contributed by atoms with Crippen LogP contribution in [-0.2, 0) is 28.6 Å². The first-order valence-corrected chi connectivity index (χ1v) is 25.8. The standard InChI is InChI=1S/C59H92O6/c1-4-7-10-13-16-19-22-25-27-28-29-30-32-34-37-40-43-46-49-52-58(61)64-55-56(54-63-57(60)51-48-45-42-39-36-33-24-21-18-15-12-9-6-3)65-59(62)53-50-47-44-41-38-35-31-26-23-20-17-14-11-8-5-2/h7-12,14-21,23-27,29-31,56H,4-6,13,22,28,32-55H2,1-3H3/b10-7+,11-8+,12-9+,17-14+,18-15+,19-16+,23-20+,24-21+,27-25+,30-29+,31-26+. The molecule has 0 aromatic heterocycles. The summed E-state index contributed by atoms with van der Waals surface area (Å²) in [6.45, 7) is 6.18. The van der Waals surface area contributed by atoms with Gasteiger partial charge in [-0.05, 0) is 96.3 Å². The molecule has 0 spiro atoms. The molecule has 0 N–H and O–H groups in total. The molecular formula is C59H92O6. The summed E-state index contributed by atoms with van der Waals surface area (Å²) in [7, 11) is 0. The number of rotatable bonds is 44. The SMILES string of the molecule is CC/C=C/C=C/C=C/C=C/CCCCCCCC(=O)OC(COC(=O)CCCCCCC/C=C/C=C/C=C/CC)COC(=O)CCCCCCCC/C=C/C/C=C/C/C=C/C/C=C/CC. The minimum Gasteiger partial charge on any atom is -0.462 e. The zero-order valence-corrected chi connectivity index (χ0v) is 41.4. The van der Waals surface area contributed by atoms with Crippen molar-refractivity contribution in [3.05, 3.63) is 134 Å². The summed E-state index contributed by atoms with van der Waals surface area (Å²) in [6.07, 6.45) is 72.9. The highest BCUT2D eigenvalue weighted by Crippen LogP contribution is 2.13. The van der Waals surface area contributed by atoms with Crippen LogP contribution in [0.3, 0.4) is 0 Å². The maximum atomic E-state index is 12.8. The first-order chi connectivity index (χ1) is 32.0. The molecule has 0 rings (SSSR count). The zero-order chi connectivity index (χ0) is 47.2. The molecule has 65 heavy (non-hydrogen) atoms. The molecule has 1 unspecified atom stereocenters. The Hall–Kier alpha value is -4.45. The van der Waals surface area contributed by atoms with Crippen molar-refractivity contribution in [3.63, 3.8) is 0 Å². The van der Waals surface area contributed by atoms with Gasteiger partial charge in [0.2, 0.25) is 0 Å². The highest BCUT2D eigenvalue weighted by molar-refractivity contribution is 5.71. The third-order valence-electron chi connectivity index (χ3n) is 10.3. The molecule has 0 aliphatic carbocycles. The predicted octanol–water partition coefficient (Wildman–Crippen LogP) is 17.1. The summed E-state index contributed by atoms with van der Waals surface area (Å²) in [5.74, 6) is -0.974. The van der Waals surface area contributed by atoms with Crippen LogP contribution in [0.1, 0.15) is 201 Å². The summed E-state index contributed by atoms with van der Waals surface area (Å²) in [4.78, 5) is 38.0. The van der Waals surface area contributed by atoms with Crippen LogP contribution in [0, 0.1) is 0 Å². The number of hydrogen-bond acceptors (Lipinski definition) is 6. The lowest BCUT2D eigenvalue weighted by Gasteiger charge is -2.18. The minimum atomic E-state index is -0.810. The lowest BCUT2D eigenvalue weighted by Crippen LogP contribution is -2.30. The number of carbonyl (C=O) groups excluding carboxylic acids is 3. The van der Waals surface area contributed by atoms with E-state index >= 15 is 0 Å². The average Bonchev–Trinajstić information content (AvgIpc) is 3.30. The van der Waals surface area contributed by atoms with Gasteiger partial charge in [-0.2, -0.15) is 0 Å². The van der Waals surface area contributed by atoms with Crippen molar-refractivity contribution >= 4 is 17.9 Å². The second-order valence-electron chi connectivity index (χ2n) is 16.4. The van der Waals surface area contributed by atoms with Crippen molar-refractivity contribution in [2.24, 2.45) is 0 Å². The van der Waals surface area contributed by atoms with Gasteiger partial charge < -0.3 is 14.2 Å². The van der Waals surface area contributed by atoms with E-state index in [0.717, 1.165) is 148 Å². The zero-order valence-electron chi connectivity index (χ0n) is 41.4. The van der Waals surface area contributed by atoms with Gasteiger partial charge in [0, 0.05) is 19.3 Å². The molecule has 0 heterocycles. The number of carbonyl (C=O) groups is 3. The fourth-order valence-electron chi connectivity index (χ4n) is 6.50. The van der Waals surface area contributed by atoms with Gasteiger partial charge in [0.1, 0.15) is 13.2 Å². The summed E-state index contributed by atoms with van der Waals surface area (Å²) in [5, 5.41) is 0. The number of hydrogen-bond donors (Lipinski definition) is 0. The van der Waals surface area contributed by atoms with Gasteiger partial charge in [0.25, 0.3) is 0 Å². The smallest absolute Gasteiger partial charge is 0.306 e. The Balaban J connectivity index is 4.49. The molecule has 6 nitrogen and oxygen atoms in total. The molecule has 0 bridgehead atoms. The Morgan fingerprint density at radius 1 is 0.323 bits per heavy atom. The molecule has 364 valence electrons. The summed E-state index contributed by atoms with van der Waals surface area (Å²) < 4.78 is 16.8. The van der Waals surface area contributed by atoms with Gasteiger partial charge in [0.15, 0.2) is 6.10 Å². The van der Waals surface area contributed by atoms with E-state index in [1.54, 1.807) is 0 Å². The number of unbranched alkanes of at least 4 members (excludes halogenated alkanes) is 16. The fraction of sp³-hybridized carbons (Fsp3) is 0.576. The van der Waals surface area contributed by atoms with Gasteiger partial charge in [-0.25, -0.2) is 0 Å². The molecule has 0 amide bonds. The van der Waals surface area contributed by atoms with E-state index in [2.05, 4.69) is 130 Å². The number of esters is 3. The number of ether oxygens (including phenoxy) is 3. The number of allylic oxidation sites excluding steroid dienone is 22. The Morgan fingerprint density at radius 3 is 1.05 bits per heavy atom. The van der Waals surface area contributed by atoms with E-state index in [1.807, 2.05) is 24.3 Å². The van der Waals surface area contributed by atoms with Gasteiger partial charge in [-0.15, -0.1) is 0 Å². The van der Waals surface area contributed by atoms with E-state index in [9.17, 15) is 14.4 Å². The van der Waals surface area contributed by atoms with Crippen LogP contribution in [0.2, 0.25) is 0 Å². The molecule has 0 aromatic carbocycles. The third kappa shape index (κ3) is 50.4. The lowest BCUT2D eigenvalue weighted by molar-refractivity contribution is -0.167. The van der Waals surface area contributed by atoms with Crippen molar-refractivity contribution in [2.45, 2.75) is 207 Å². The normalized spacial score (nSPS) is 13.2. The predicted molar refractivity (Wildman–Crippen MR) is 279 cm³/mol. The summed E-state index contributed by atoms with van der Waals surface area (Å²) in [5.41, 5.74) is 0. The second kappa shape index (κ2) is 52.2. The molecule has 0 aliphatic heterocycles. The monoisotopic (exact) mass is 897 g/mol. The van der Waals surface area contributed by atoms with Crippen LogP contribution < -0.4 is 0 Å². The Labute approximate surface area is 398 Å². The molecule has 0 saturated carbocycles. The molecule has 0 aromatic rings. The van der Waals surface area contributed by atoms with E-state index in [1.165, 1.54) is 12.8 Å². The van der Waals surface area contributed by atoms with Crippen LogP contribution >= 0.6 is 0 Å². The van der Waals surface area contributed by atoms with Crippen molar-refractivity contribution in [3.8, 4) is 0 Å². The van der Waals surface area contributed by atoms with Crippen LogP contribution in [-0.4, -0.2) is 37.2 Å². The largest absolute Gasteiger partial charge is 0.462 e. The van der Waals surface area contributed by atoms with E-state index < -0.39 is 6.10 Å². The van der Waals surface area contributed by atoms with E-state index in [0.29, 0.717) is 12.8 Å². The molecule has 0 aliphatic rings. The van der Waals surface area contributed by atoms with Crippen LogP contribution in [0.15, 0.2) is 134 Å². The molecular weight excluding hydrogens is 805 g/mol. The van der Waals surface area contributed by atoms with Crippen molar-refractivity contribution in [2.75, 3.05) is 13.2 Å². The first kappa shape index (κ1) is 60.5. The van der Waals surface area contributed by atoms with Gasteiger partial charge in [-0.3, -0.25) is 14.4 Å². The van der Waals surface area contributed by atoms with Crippen molar-refractivity contribution in [1.82, 2.24) is 0 Å². The summed E-state index contributed by atoms with van der Waals surface area (Å²) >= 11 is 0. The molecule has 0 radical (unpaired) electrons. The molecule has 6 heteroatoms.